The Balaban J connectivity index is 1.72. The predicted molar refractivity (Wildman–Crippen MR) is 107 cm³/mol. The molecule has 8 heteroatoms. The number of amides is 3. The van der Waals surface area contributed by atoms with Gasteiger partial charge in [0.15, 0.2) is 0 Å². The van der Waals surface area contributed by atoms with Crippen molar-refractivity contribution in [1.29, 1.82) is 0 Å². The van der Waals surface area contributed by atoms with Gasteiger partial charge >= 0.3 is 0 Å². The molecule has 2 heterocycles. The molecule has 2 aliphatic heterocycles. The van der Waals surface area contributed by atoms with Crippen LogP contribution in [0.4, 0.5) is 4.79 Å². The van der Waals surface area contributed by atoms with Crippen LogP contribution in [-0.4, -0.2) is 66.3 Å². The highest BCUT2D eigenvalue weighted by molar-refractivity contribution is 8.18. The maximum Gasteiger partial charge on any atom is 0.294 e. The molecule has 0 atom stereocenters. The molecule has 2 saturated heterocycles. The van der Waals surface area contributed by atoms with Crippen LogP contribution in [0.25, 0.3) is 6.08 Å². The van der Waals surface area contributed by atoms with Crippen molar-refractivity contribution in [1.82, 2.24) is 9.80 Å². The van der Waals surface area contributed by atoms with Gasteiger partial charge in [-0.3, -0.25) is 19.3 Å². The summed E-state index contributed by atoms with van der Waals surface area (Å²) in [5, 5.41) is -0.432. The predicted octanol–water partition coefficient (Wildman–Crippen LogP) is 2.62. The lowest BCUT2D eigenvalue weighted by Crippen LogP contribution is -2.46. The number of rotatable bonds is 6. The first kappa shape index (κ1) is 20.4. The Labute approximate surface area is 168 Å². The van der Waals surface area contributed by atoms with E-state index in [1.807, 2.05) is 24.3 Å². The van der Waals surface area contributed by atoms with Crippen molar-refractivity contribution in [3.8, 4) is 5.75 Å². The highest BCUT2D eigenvalue weighted by Crippen LogP contribution is 2.34. The third-order valence-corrected chi connectivity index (χ3v) is 5.22. The van der Waals surface area contributed by atoms with Gasteiger partial charge in [0.1, 0.15) is 12.3 Å². The summed E-state index contributed by atoms with van der Waals surface area (Å²) >= 11 is 0.846. The van der Waals surface area contributed by atoms with Gasteiger partial charge in [0.25, 0.3) is 11.1 Å². The second kappa shape index (κ2) is 9.25. The summed E-state index contributed by atoms with van der Waals surface area (Å²) in [5.41, 5.74) is 0.730. The minimum atomic E-state index is -0.449. The molecule has 0 aromatic heterocycles. The summed E-state index contributed by atoms with van der Waals surface area (Å²) < 4.78 is 11.0. The van der Waals surface area contributed by atoms with Crippen LogP contribution in [0.2, 0.25) is 0 Å². The maximum atomic E-state index is 12.7. The highest BCUT2D eigenvalue weighted by Gasteiger charge is 2.37. The number of benzene rings is 1. The topological polar surface area (TPSA) is 76.2 Å². The lowest BCUT2D eigenvalue weighted by Gasteiger charge is -2.28. The first-order chi connectivity index (χ1) is 13.5. The molecule has 150 valence electrons. The Bertz CT molecular complexity index is 787. The lowest BCUT2D eigenvalue weighted by atomic mass is 10.1. The molecule has 0 unspecified atom stereocenters. The summed E-state index contributed by atoms with van der Waals surface area (Å²) in [5.74, 6) is 0.335. The van der Waals surface area contributed by atoms with Gasteiger partial charge in [-0.1, -0.05) is 32.0 Å². The first-order valence-corrected chi connectivity index (χ1v) is 10.1. The van der Waals surface area contributed by atoms with E-state index in [-0.39, 0.29) is 12.5 Å². The van der Waals surface area contributed by atoms with Crippen molar-refractivity contribution in [2.45, 2.75) is 13.8 Å². The van der Waals surface area contributed by atoms with Crippen LogP contribution < -0.4 is 4.74 Å². The number of morpholine rings is 1. The van der Waals surface area contributed by atoms with Crippen LogP contribution in [0.1, 0.15) is 19.4 Å². The highest BCUT2D eigenvalue weighted by atomic mass is 32.2. The van der Waals surface area contributed by atoms with Gasteiger partial charge < -0.3 is 14.4 Å². The van der Waals surface area contributed by atoms with Gasteiger partial charge in [0.05, 0.1) is 24.7 Å². The van der Waals surface area contributed by atoms with Gasteiger partial charge in [-0.2, -0.15) is 0 Å². The number of imide groups is 1. The Morgan fingerprint density at radius 1 is 1.25 bits per heavy atom. The fraction of sp³-hybridized carbons (Fsp3) is 0.450. The number of hydrogen-bond donors (Lipinski definition) is 0. The second-order valence-electron chi connectivity index (χ2n) is 7.00. The minimum Gasteiger partial charge on any atom is -0.493 e. The van der Waals surface area contributed by atoms with E-state index in [1.54, 1.807) is 11.0 Å². The minimum absolute atomic E-state index is 0.243. The number of carbonyl (C=O) groups is 3. The van der Waals surface area contributed by atoms with E-state index in [0.717, 1.165) is 22.2 Å². The summed E-state index contributed by atoms with van der Waals surface area (Å²) in [6.45, 7) is 6.32. The summed E-state index contributed by atoms with van der Waals surface area (Å²) in [7, 11) is 0. The molecule has 1 aromatic rings. The van der Waals surface area contributed by atoms with Crippen LogP contribution in [0.3, 0.4) is 0 Å². The number of nitrogens with zero attached hydrogens (tertiary/aromatic N) is 2. The van der Waals surface area contributed by atoms with E-state index in [0.29, 0.717) is 49.5 Å². The zero-order valence-corrected chi connectivity index (χ0v) is 16.9. The molecular weight excluding hydrogens is 380 g/mol. The largest absolute Gasteiger partial charge is 0.493 e. The van der Waals surface area contributed by atoms with E-state index in [1.165, 1.54) is 0 Å². The third-order valence-electron chi connectivity index (χ3n) is 4.31. The van der Waals surface area contributed by atoms with Crippen LogP contribution >= 0.6 is 11.8 Å². The molecule has 0 aliphatic carbocycles. The number of ether oxygens (including phenoxy) is 2. The number of thioether (sulfide) groups is 1. The SMILES string of the molecule is CC(C)COc1ccccc1/C=C1/SC(=O)N(CC(=O)N2CCOCC2)C1=O. The third kappa shape index (κ3) is 4.94. The van der Waals surface area contributed by atoms with Crippen molar-refractivity contribution in [3.05, 3.63) is 34.7 Å². The molecule has 0 bridgehead atoms. The van der Waals surface area contributed by atoms with E-state index in [9.17, 15) is 14.4 Å². The van der Waals surface area contributed by atoms with Gasteiger partial charge in [-0.05, 0) is 29.8 Å². The number of para-hydroxylation sites is 1. The molecule has 2 fully saturated rings. The van der Waals surface area contributed by atoms with Crippen molar-refractivity contribution >= 4 is 34.9 Å². The van der Waals surface area contributed by atoms with E-state index in [2.05, 4.69) is 13.8 Å². The molecular formula is C20H24N2O5S. The average Bonchev–Trinajstić information content (AvgIpc) is 2.95. The Morgan fingerprint density at radius 2 is 1.96 bits per heavy atom. The molecule has 0 spiro atoms. The first-order valence-electron chi connectivity index (χ1n) is 9.28. The summed E-state index contributed by atoms with van der Waals surface area (Å²) in [4.78, 5) is 40.3. The van der Waals surface area contributed by atoms with Gasteiger partial charge in [0, 0.05) is 18.7 Å². The van der Waals surface area contributed by atoms with Crippen molar-refractivity contribution in [2.75, 3.05) is 39.5 Å². The standard InChI is InChI=1S/C20H24N2O5S/c1-14(2)13-27-16-6-4-3-5-15(16)11-17-19(24)22(20(25)28-17)12-18(23)21-7-9-26-10-8-21/h3-6,11,14H,7-10,12-13H2,1-2H3/b17-11+. The fourth-order valence-electron chi connectivity index (χ4n) is 2.81. The van der Waals surface area contributed by atoms with E-state index < -0.39 is 11.1 Å². The van der Waals surface area contributed by atoms with Crippen LogP contribution in [0.5, 0.6) is 5.75 Å². The Kier molecular flexibility index (Phi) is 6.74. The number of hydrogen-bond acceptors (Lipinski definition) is 6. The molecule has 2 aliphatic rings. The molecule has 3 amide bonds. The zero-order valence-electron chi connectivity index (χ0n) is 16.1. The van der Waals surface area contributed by atoms with Crippen LogP contribution in [-0.2, 0) is 14.3 Å². The fourth-order valence-corrected chi connectivity index (χ4v) is 3.64. The average molecular weight is 404 g/mol. The molecule has 0 N–H and O–H groups in total. The van der Waals surface area contributed by atoms with Crippen molar-refractivity contribution < 1.29 is 23.9 Å². The summed E-state index contributed by atoms with van der Waals surface area (Å²) in [6.07, 6.45) is 1.65. The molecule has 1 aromatic carbocycles. The van der Waals surface area contributed by atoms with Crippen molar-refractivity contribution in [2.24, 2.45) is 5.92 Å². The lowest BCUT2D eigenvalue weighted by molar-refractivity contribution is -0.139. The Hall–Kier alpha value is -2.32. The van der Waals surface area contributed by atoms with Gasteiger partial charge in [0.2, 0.25) is 5.91 Å². The van der Waals surface area contributed by atoms with Gasteiger partial charge in [-0.25, -0.2) is 0 Å². The zero-order chi connectivity index (χ0) is 20.1. The van der Waals surface area contributed by atoms with Crippen molar-refractivity contribution in [3.63, 3.8) is 0 Å². The smallest absolute Gasteiger partial charge is 0.294 e. The van der Waals surface area contributed by atoms with Crippen LogP contribution in [0.15, 0.2) is 29.2 Å². The normalized spacial score (nSPS) is 19.0. The molecule has 0 radical (unpaired) electrons. The second-order valence-corrected chi connectivity index (χ2v) is 8.00. The van der Waals surface area contributed by atoms with E-state index in [4.69, 9.17) is 9.47 Å². The molecule has 7 nitrogen and oxygen atoms in total. The molecule has 0 saturated carbocycles. The maximum absolute atomic E-state index is 12.7. The summed E-state index contributed by atoms with van der Waals surface area (Å²) in [6, 6.07) is 7.38. The van der Waals surface area contributed by atoms with Crippen LogP contribution in [0, 0.1) is 5.92 Å². The molecule has 3 rings (SSSR count). The molecule has 28 heavy (non-hydrogen) atoms. The quantitative estimate of drug-likeness (QED) is 0.679. The number of carbonyl (C=O) groups excluding carboxylic acids is 3. The van der Waals surface area contributed by atoms with E-state index >= 15 is 0 Å². The van der Waals surface area contributed by atoms with Gasteiger partial charge in [-0.15, -0.1) is 0 Å². The monoisotopic (exact) mass is 404 g/mol. The Morgan fingerprint density at radius 3 is 2.68 bits per heavy atom.